The molecule has 112 valence electrons. The molecule has 1 heterocycles. The number of hydrogen-bond donors (Lipinski definition) is 2. The second-order valence-electron chi connectivity index (χ2n) is 5.65. The Labute approximate surface area is 129 Å². The Morgan fingerprint density at radius 1 is 1.19 bits per heavy atom. The second-order valence-corrected chi connectivity index (χ2v) is 6.60. The molecule has 2 aromatic rings. The highest BCUT2D eigenvalue weighted by atomic mass is 32.1. The van der Waals surface area contributed by atoms with Gasteiger partial charge in [0.25, 0.3) is 0 Å². The predicted octanol–water partition coefficient (Wildman–Crippen LogP) is 3.94. The summed E-state index contributed by atoms with van der Waals surface area (Å²) >= 11 is 1.72. The SMILES string of the molecule is CC(C)(C)OC(=O)NNCc1ccc(-c2cccs2)cc1. The number of ether oxygens (including phenoxy) is 1. The van der Waals surface area contributed by atoms with Gasteiger partial charge >= 0.3 is 6.09 Å². The summed E-state index contributed by atoms with van der Waals surface area (Å²) in [5.74, 6) is 0. The lowest BCUT2D eigenvalue weighted by molar-refractivity contribution is 0.0497. The van der Waals surface area contributed by atoms with E-state index < -0.39 is 11.7 Å². The van der Waals surface area contributed by atoms with Crippen molar-refractivity contribution in [1.29, 1.82) is 0 Å². The molecule has 2 rings (SSSR count). The zero-order chi connectivity index (χ0) is 15.3. The van der Waals surface area contributed by atoms with Crippen molar-refractivity contribution in [2.75, 3.05) is 0 Å². The zero-order valence-corrected chi connectivity index (χ0v) is 13.3. The Hall–Kier alpha value is -1.85. The van der Waals surface area contributed by atoms with Crippen molar-refractivity contribution in [3.8, 4) is 10.4 Å². The van der Waals surface area contributed by atoms with Crippen molar-refractivity contribution < 1.29 is 9.53 Å². The van der Waals surface area contributed by atoms with Gasteiger partial charge in [-0.3, -0.25) is 5.43 Å². The van der Waals surface area contributed by atoms with Crippen LogP contribution in [0.1, 0.15) is 26.3 Å². The molecule has 4 nitrogen and oxygen atoms in total. The first-order valence-electron chi connectivity index (χ1n) is 6.79. The maximum Gasteiger partial charge on any atom is 0.422 e. The molecule has 0 radical (unpaired) electrons. The molecule has 0 aliphatic carbocycles. The van der Waals surface area contributed by atoms with Crippen LogP contribution in [0.2, 0.25) is 0 Å². The molecule has 2 N–H and O–H groups in total. The van der Waals surface area contributed by atoms with E-state index in [9.17, 15) is 4.79 Å². The van der Waals surface area contributed by atoms with E-state index in [0.717, 1.165) is 5.56 Å². The van der Waals surface area contributed by atoms with Gasteiger partial charge in [0, 0.05) is 11.4 Å². The minimum Gasteiger partial charge on any atom is -0.443 e. The quantitative estimate of drug-likeness (QED) is 0.841. The van der Waals surface area contributed by atoms with E-state index in [0.29, 0.717) is 6.54 Å². The van der Waals surface area contributed by atoms with Gasteiger partial charge in [0.1, 0.15) is 5.60 Å². The Bertz CT molecular complexity index is 571. The molecule has 1 amide bonds. The second kappa shape index (κ2) is 6.74. The minimum absolute atomic E-state index is 0.474. The van der Waals surface area contributed by atoms with Gasteiger partial charge in [-0.05, 0) is 43.3 Å². The lowest BCUT2D eigenvalue weighted by Crippen LogP contribution is -2.40. The van der Waals surface area contributed by atoms with Gasteiger partial charge in [-0.2, -0.15) is 0 Å². The summed E-state index contributed by atoms with van der Waals surface area (Å²) in [7, 11) is 0. The first-order valence-corrected chi connectivity index (χ1v) is 7.67. The lowest BCUT2D eigenvalue weighted by Gasteiger charge is -2.19. The predicted molar refractivity (Wildman–Crippen MR) is 86.0 cm³/mol. The number of benzene rings is 1. The third kappa shape index (κ3) is 5.21. The number of rotatable bonds is 4. The van der Waals surface area contributed by atoms with Crippen LogP contribution in [0.3, 0.4) is 0 Å². The highest BCUT2D eigenvalue weighted by Gasteiger charge is 2.15. The molecule has 0 atom stereocenters. The first kappa shape index (κ1) is 15.5. The van der Waals surface area contributed by atoms with Crippen LogP contribution in [0.25, 0.3) is 10.4 Å². The topological polar surface area (TPSA) is 50.4 Å². The van der Waals surface area contributed by atoms with Crippen LogP contribution in [-0.4, -0.2) is 11.7 Å². The van der Waals surface area contributed by atoms with Crippen molar-refractivity contribution in [3.05, 3.63) is 47.3 Å². The Morgan fingerprint density at radius 2 is 1.90 bits per heavy atom. The number of carbonyl (C=O) groups excluding carboxylic acids is 1. The fourth-order valence-electron chi connectivity index (χ4n) is 1.75. The van der Waals surface area contributed by atoms with Crippen molar-refractivity contribution in [1.82, 2.24) is 10.9 Å². The third-order valence-electron chi connectivity index (χ3n) is 2.64. The average molecular weight is 304 g/mol. The van der Waals surface area contributed by atoms with Crippen molar-refractivity contribution in [2.45, 2.75) is 32.9 Å². The van der Waals surface area contributed by atoms with Gasteiger partial charge in [-0.15, -0.1) is 11.3 Å². The molecule has 0 aliphatic heterocycles. The number of hydrazine groups is 1. The Balaban J connectivity index is 1.80. The first-order chi connectivity index (χ1) is 9.94. The molecule has 0 unspecified atom stereocenters. The van der Waals surface area contributed by atoms with E-state index in [4.69, 9.17) is 4.74 Å². The third-order valence-corrected chi connectivity index (χ3v) is 3.56. The number of amides is 1. The highest BCUT2D eigenvalue weighted by molar-refractivity contribution is 7.13. The van der Waals surface area contributed by atoms with Crippen LogP contribution < -0.4 is 10.9 Å². The molecule has 0 bridgehead atoms. The van der Waals surface area contributed by atoms with Crippen molar-refractivity contribution in [2.24, 2.45) is 0 Å². The number of nitrogens with one attached hydrogen (secondary N) is 2. The average Bonchev–Trinajstić information content (AvgIpc) is 2.91. The Kier molecular flexibility index (Phi) is 4.98. The molecule has 0 aliphatic rings. The smallest absolute Gasteiger partial charge is 0.422 e. The summed E-state index contributed by atoms with van der Waals surface area (Å²) < 4.78 is 5.13. The van der Waals surface area contributed by atoms with Crippen LogP contribution in [-0.2, 0) is 11.3 Å². The van der Waals surface area contributed by atoms with Gasteiger partial charge < -0.3 is 4.74 Å². The van der Waals surface area contributed by atoms with Gasteiger partial charge in [-0.25, -0.2) is 10.2 Å². The number of thiophene rings is 1. The maximum atomic E-state index is 11.5. The lowest BCUT2D eigenvalue weighted by atomic mass is 10.1. The standard InChI is InChI=1S/C16H20N2O2S/c1-16(2,3)20-15(19)18-17-11-12-6-8-13(9-7-12)14-5-4-10-21-14/h4-10,17H,11H2,1-3H3,(H,18,19). The summed E-state index contributed by atoms with van der Waals surface area (Å²) in [6, 6.07) is 12.4. The molecule has 0 fully saturated rings. The number of hydrogen-bond acceptors (Lipinski definition) is 4. The van der Waals surface area contributed by atoms with E-state index in [1.807, 2.05) is 39.0 Å². The van der Waals surface area contributed by atoms with Crippen LogP contribution in [0.4, 0.5) is 4.79 Å². The van der Waals surface area contributed by atoms with Gasteiger partial charge in [-0.1, -0.05) is 30.3 Å². The van der Waals surface area contributed by atoms with E-state index >= 15 is 0 Å². The molecule has 1 aromatic heterocycles. The number of carbonyl (C=O) groups is 1. The van der Waals surface area contributed by atoms with Gasteiger partial charge in [0.2, 0.25) is 0 Å². The van der Waals surface area contributed by atoms with E-state index in [1.54, 1.807) is 11.3 Å². The molecule has 0 saturated heterocycles. The van der Waals surface area contributed by atoms with E-state index in [2.05, 4.69) is 34.4 Å². The summed E-state index contributed by atoms with van der Waals surface area (Å²) in [6.45, 7) is 6.03. The minimum atomic E-state index is -0.492. The molecule has 0 saturated carbocycles. The molecule has 5 heteroatoms. The van der Waals surface area contributed by atoms with Gasteiger partial charge in [0.15, 0.2) is 0 Å². The highest BCUT2D eigenvalue weighted by Crippen LogP contribution is 2.24. The molecule has 0 spiro atoms. The van der Waals surface area contributed by atoms with E-state index in [1.165, 1.54) is 10.4 Å². The maximum absolute atomic E-state index is 11.5. The van der Waals surface area contributed by atoms with E-state index in [-0.39, 0.29) is 0 Å². The van der Waals surface area contributed by atoms with Crippen LogP contribution in [0.15, 0.2) is 41.8 Å². The fourth-order valence-corrected chi connectivity index (χ4v) is 2.48. The monoisotopic (exact) mass is 304 g/mol. The summed E-state index contributed by atoms with van der Waals surface area (Å²) in [5, 5.41) is 2.07. The summed E-state index contributed by atoms with van der Waals surface area (Å²) in [6.07, 6.45) is -0.474. The molecular formula is C16H20N2O2S. The largest absolute Gasteiger partial charge is 0.443 e. The van der Waals surface area contributed by atoms with Crippen molar-refractivity contribution in [3.63, 3.8) is 0 Å². The van der Waals surface area contributed by atoms with Crippen molar-refractivity contribution >= 4 is 17.4 Å². The summed E-state index contributed by atoms with van der Waals surface area (Å²) in [4.78, 5) is 12.7. The zero-order valence-electron chi connectivity index (χ0n) is 12.5. The fraction of sp³-hybridized carbons (Fsp3) is 0.312. The van der Waals surface area contributed by atoms with Crippen LogP contribution in [0.5, 0.6) is 0 Å². The Morgan fingerprint density at radius 3 is 2.48 bits per heavy atom. The molecular weight excluding hydrogens is 284 g/mol. The normalized spacial score (nSPS) is 11.2. The van der Waals surface area contributed by atoms with Crippen LogP contribution >= 0.6 is 11.3 Å². The van der Waals surface area contributed by atoms with Crippen LogP contribution in [0, 0.1) is 0 Å². The molecule has 1 aromatic carbocycles. The van der Waals surface area contributed by atoms with Gasteiger partial charge in [0.05, 0.1) is 0 Å². The molecule has 21 heavy (non-hydrogen) atoms. The summed E-state index contributed by atoms with van der Waals surface area (Å²) in [5.41, 5.74) is 7.18.